The number of unbranched alkanes of at least 4 members (excludes halogenated alkanes) is 2. The molecule has 2 heterocycles. The van der Waals surface area contributed by atoms with Gasteiger partial charge in [-0.3, -0.25) is 9.59 Å². The summed E-state index contributed by atoms with van der Waals surface area (Å²) in [4.78, 5) is 27.7. The predicted molar refractivity (Wildman–Crippen MR) is 131 cm³/mol. The first-order chi connectivity index (χ1) is 17.0. The number of carbonyl (C=O) groups excluding carboxylic acids is 2. The van der Waals surface area contributed by atoms with E-state index in [1.54, 1.807) is 67.8 Å². The number of carbonyl (C=O) groups is 2. The number of aliphatic hydroxyl groups excluding tert-OH is 1. The first-order valence-corrected chi connectivity index (χ1v) is 11.7. The summed E-state index contributed by atoms with van der Waals surface area (Å²) >= 11 is 0. The molecule has 4 rings (SSSR count). The Morgan fingerprint density at radius 2 is 1.83 bits per heavy atom. The molecule has 35 heavy (non-hydrogen) atoms. The van der Waals surface area contributed by atoms with Crippen molar-refractivity contribution in [3.8, 4) is 11.5 Å². The largest absolute Gasteiger partial charge is 0.507 e. The number of rotatable bonds is 10. The normalized spacial score (nSPS) is 17.1. The third-order valence-corrected chi connectivity index (χ3v) is 6.00. The molecule has 1 N–H and O–H groups in total. The fraction of sp³-hybridized carbons (Fsp3) is 0.286. The summed E-state index contributed by atoms with van der Waals surface area (Å²) < 4.78 is 16.5. The van der Waals surface area contributed by atoms with Crippen molar-refractivity contribution >= 4 is 17.4 Å². The fourth-order valence-corrected chi connectivity index (χ4v) is 4.18. The molecule has 0 spiro atoms. The Kier molecular flexibility index (Phi) is 7.55. The molecule has 182 valence electrons. The first kappa shape index (κ1) is 24.1. The number of ketones is 1. The highest BCUT2D eigenvalue weighted by atomic mass is 16.5. The standard InChI is InChI=1S/C28H29NO6/c1-3-4-5-15-34-21-13-11-19(12-14-21)26(30)24-25(20-8-6-9-22(17-20)33-2)29(28(32)27(24)31)18-23-10-7-16-35-23/h6-14,16-17,25,30H,3-5,15,18H2,1-2H3/b26-24-. The first-order valence-electron chi connectivity index (χ1n) is 11.7. The van der Waals surface area contributed by atoms with Crippen LogP contribution in [0.15, 0.2) is 76.9 Å². The lowest BCUT2D eigenvalue weighted by molar-refractivity contribution is -0.140. The molecular weight excluding hydrogens is 446 g/mol. The van der Waals surface area contributed by atoms with Crippen molar-refractivity contribution in [2.45, 2.75) is 38.8 Å². The Morgan fingerprint density at radius 1 is 1.03 bits per heavy atom. The number of hydrogen-bond donors (Lipinski definition) is 1. The Labute approximate surface area is 204 Å². The summed E-state index contributed by atoms with van der Waals surface area (Å²) in [6, 6.07) is 16.6. The molecule has 0 radical (unpaired) electrons. The molecule has 1 saturated heterocycles. The van der Waals surface area contributed by atoms with Crippen LogP contribution in [0.3, 0.4) is 0 Å². The van der Waals surface area contributed by atoms with Gasteiger partial charge in [0.05, 0.1) is 38.1 Å². The zero-order valence-electron chi connectivity index (χ0n) is 19.9. The van der Waals surface area contributed by atoms with Crippen molar-refractivity contribution in [2.75, 3.05) is 13.7 Å². The Bertz CT molecular complexity index is 1200. The summed E-state index contributed by atoms with van der Waals surface area (Å²) in [6.07, 6.45) is 4.69. The number of amides is 1. The second kappa shape index (κ2) is 11.0. The van der Waals surface area contributed by atoms with E-state index in [2.05, 4.69) is 6.92 Å². The number of Topliss-reactive ketones (excluding diaryl/α,β-unsaturated/α-hetero) is 1. The molecule has 1 atom stereocenters. The molecule has 0 saturated carbocycles. The lowest BCUT2D eigenvalue weighted by Crippen LogP contribution is -2.29. The van der Waals surface area contributed by atoms with Crippen LogP contribution in [0.4, 0.5) is 0 Å². The molecule has 1 aromatic heterocycles. The van der Waals surface area contributed by atoms with Crippen molar-refractivity contribution < 1.29 is 28.6 Å². The molecule has 1 aliphatic heterocycles. The van der Waals surface area contributed by atoms with E-state index in [4.69, 9.17) is 13.9 Å². The number of methoxy groups -OCH3 is 1. The van der Waals surface area contributed by atoms with Crippen molar-refractivity contribution in [3.05, 3.63) is 89.4 Å². The summed E-state index contributed by atoms with van der Waals surface area (Å²) in [5.74, 6) is 0.101. The molecule has 1 amide bonds. The van der Waals surface area contributed by atoms with Gasteiger partial charge in [0.15, 0.2) is 0 Å². The van der Waals surface area contributed by atoms with Crippen LogP contribution in [0, 0.1) is 0 Å². The number of hydrogen-bond acceptors (Lipinski definition) is 6. The third kappa shape index (κ3) is 5.24. The Balaban J connectivity index is 1.71. The van der Waals surface area contributed by atoms with E-state index in [9.17, 15) is 14.7 Å². The second-order valence-corrected chi connectivity index (χ2v) is 8.36. The molecule has 3 aromatic rings. The van der Waals surface area contributed by atoms with Gasteiger partial charge in [0, 0.05) is 5.56 Å². The van der Waals surface area contributed by atoms with Crippen LogP contribution >= 0.6 is 0 Å². The van der Waals surface area contributed by atoms with Crippen LogP contribution in [-0.2, 0) is 16.1 Å². The number of ether oxygens (including phenoxy) is 2. The molecule has 0 bridgehead atoms. The van der Waals surface area contributed by atoms with Crippen LogP contribution in [0.5, 0.6) is 11.5 Å². The molecule has 2 aromatic carbocycles. The van der Waals surface area contributed by atoms with E-state index in [-0.39, 0.29) is 17.9 Å². The van der Waals surface area contributed by atoms with E-state index in [1.807, 2.05) is 0 Å². The highest BCUT2D eigenvalue weighted by molar-refractivity contribution is 6.46. The minimum absolute atomic E-state index is 0.0198. The number of aliphatic hydroxyl groups is 1. The Hall–Kier alpha value is -4.00. The van der Waals surface area contributed by atoms with Gasteiger partial charge < -0.3 is 23.9 Å². The van der Waals surface area contributed by atoms with Gasteiger partial charge in [-0.05, 0) is 60.5 Å². The molecule has 1 unspecified atom stereocenters. The van der Waals surface area contributed by atoms with Crippen molar-refractivity contribution in [3.63, 3.8) is 0 Å². The second-order valence-electron chi connectivity index (χ2n) is 8.36. The van der Waals surface area contributed by atoms with Crippen molar-refractivity contribution in [2.24, 2.45) is 0 Å². The van der Waals surface area contributed by atoms with Gasteiger partial charge in [0.25, 0.3) is 11.7 Å². The lowest BCUT2D eigenvalue weighted by Gasteiger charge is -2.24. The lowest BCUT2D eigenvalue weighted by atomic mass is 9.95. The summed E-state index contributed by atoms with van der Waals surface area (Å²) in [7, 11) is 1.55. The van der Waals surface area contributed by atoms with Gasteiger partial charge in [0.1, 0.15) is 23.0 Å². The van der Waals surface area contributed by atoms with Gasteiger partial charge in [-0.1, -0.05) is 31.9 Å². The zero-order chi connectivity index (χ0) is 24.8. The van der Waals surface area contributed by atoms with Gasteiger partial charge in [-0.2, -0.15) is 0 Å². The number of benzene rings is 2. The van der Waals surface area contributed by atoms with Gasteiger partial charge >= 0.3 is 0 Å². The van der Waals surface area contributed by atoms with Crippen LogP contribution in [0.25, 0.3) is 5.76 Å². The fourth-order valence-electron chi connectivity index (χ4n) is 4.18. The summed E-state index contributed by atoms with van der Waals surface area (Å²) in [5.41, 5.74) is 1.09. The van der Waals surface area contributed by atoms with Crippen LogP contribution in [0.1, 0.15) is 49.1 Å². The SMILES string of the molecule is CCCCCOc1ccc(/C(O)=C2/C(=O)C(=O)N(Cc3ccco3)C2c2cccc(OC)c2)cc1. The average molecular weight is 476 g/mol. The highest BCUT2D eigenvalue weighted by Gasteiger charge is 2.46. The quantitative estimate of drug-likeness (QED) is 0.181. The van der Waals surface area contributed by atoms with Gasteiger partial charge in [0.2, 0.25) is 0 Å². The number of nitrogens with zero attached hydrogens (tertiary/aromatic N) is 1. The number of likely N-dealkylation sites (tertiary alicyclic amines) is 1. The number of furan rings is 1. The molecule has 7 heteroatoms. The third-order valence-electron chi connectivity index (χ3n) is 6.00. The average Bonchev–Trinajstić information content (AvgIpc) is 3.49. The minimum Gasteiger partial charge on any atom is -0.507 e. The summed E-state index contributed by atoms with van der Waals surface area (Å²) in [6.45, 7) is 2.84. The van der Waals surface area contributed by atoms with E-state index in [0.29, 0.717) is 35.0 Å². The highest BCUT2D eigenvalue weighted by Crippen LogP contribution is 2.41. The van der Waals surface area contributed by atoms with Crippen LogP contribution in [0.2, 0.25) is 0 Å². The van der Waals surface area contributed by atoms with E-state index < -0.39 is 17.7 Å². The van der Waals surface area contributed by atoms with E-state index >= 15 is 0 Å². The van der Waals surface area contributed by atoms with Crippen molar-refractivity contribution in [1.29, 1.82) is 0 Å². The monoisotopic (exact) mass is 475 g/mol. The molecule has 0 aliphatic carbocycles. The van der Waals surface area contributed by atoms with Crippen molar-refractivity contribution in [1.82, 2.24) is 4.90 Å². The smallest absolute Gasteiger partial charge is 0.296 e. The van der Waals surface area contributed by atoms with Gasteiger partial charge in [-0.25, -0.2) is 0 Å². The Morgan fingerprint density at radius 3 is 2.51 bits per heavy atom. The zero-order valence-corrected chi connectivity index (χ0v) is 19.9. The van der Waals surface area contributed by atoms with Crippen LogP contribution in [-0.4, -0.2) is 35.4 Å². The molecule has 7 nitrogen and oxygen atoms in total. The summed E-state index contributed by atoms with van der Waals surface area (Å²) in [5, 5.41) is 11.2. The van der Waals surface area contributed by atoms with Gasteiger partial charge in [-0.15, -0.1) is 0 Å². The minimum atomic E-state index is -0.805. The molecular formula is C28H29NO6. The van der Waals surface area contributed by atoms with Crippen LogP contribution < -0.4 is 9.47 Å². The maximum atomic E-state index is 13.2. The topological polar surface area (TPSA) is 89.2 Å². The molecule has 1 aliphatic rings. The van der Waals surface area contributed by atoms with E-state index in [1.165, 1.54) is 11.2 Å². The predicted octanol–water partition coefficient (Wildman–Crippen LogP) is 5.48. The van der Waals surface area contributed by atoms with E-state index in [0.717, 1.165) is 19.3 Å². The maximum absolute atomic E-state index is 13.2. The maximum Gasteiger partial charge on any atom is 0.296 e. The molecule has 1 fully saturated rings.